The molecule has 23 heavy (non-hydrogen) atoms. The molecule has 0 unspecified atom stereocenters. The number of hydrogen-bond donors (Lipinski definition) is 0. The van der Waals surface area contributed by atoms with E-state index in [-0.39, 0.29) is 12.5 Å². The predicted molar refractivity (Wildman–Crippen MR) is 85.7 cm³/mol. The highest BCUT2D eigenvalue weighted by molar-refractivity contribution is 5.96. The van der Waals surface area contributed by atoms with Gasteiger partial charge in [-0.15, -0.1) is 0 Å². The quantitative estimate of drug-likeness (QED) is 0.871. The third-order valence-corrected chi connectivity index (χ3v) is 3.83. The molecule has 0 spiro atoms. The first-order chi connectivity index (χ1) is 11.2. The number of anilines is 1. The average molecular weight is 308 g/mol. The number of rotatable bonds is 4. The van der Waals surface area contributed by atoms with Crippen LogP contribution in [0.15, 0.2) is 42.5 Å². The van der Waals surface area contributed by atoms with Crippen LogP contribution in [0.4, 0.5) is 5.69 Å². The first-order valence-corrected chi connectivity index (χ1v) is 7.32. The average Bonchev–Trinajstić information content (AvgIpc) is 3.03. The minimum Gasteiger partial charge on any atom is -0.493 e. The molecule has 0 bridgehead atoms. The fraction of sp³-hybridized carbons (Fsp3) is 0.222. The number of nitriles is 1. The Morgan fingerprint density at radius 2 is 2.09 bits per heavy atom. The van der Waals surface area contributed by atoms with E-state index in [2.05, 4.69) is 0 Å². The van der Waals surface area contributed by atoms with Crippen LogP contribution < -0.4 is 14.4 Å². The molecule has 2 aromatic carbocycles. The number of hydrogen-bond acceptors (Lipinski definition) is 4. The summed E-state index contributed by atoms with van der Waals surface area (Å²) >= 11 is 0. The molecule has 2 aromatic rings. The lowest BCUT2D eigenvalue weighted by Gasteiger charge is -2.18. The highest BCUT2D eigenvalue weighted by Crippen LogP contribution is 2.29. The van der Waals surface area contributed by atoms with E-state index >= 15 is 0 Å². The molecule has 1 aliphatic rings. The summed E-state index contributed by atoms with van der Waals surface area (Å²) in [6.07, 6.45) is 0.863. The maximum atomic E-state index is 12.4. The molecule has 0 aliphatic carbocycles. The summed E-state index contributed by atoms with van der Waals surface area (Å²) in [5.74, 6) is 0.798. The molecule has 0 aromatic heterocycles. The Morgan fingerprint density at radius 1 is 1.26 bits per heavy atom. The fourth-order valence-corrected chi connectivity index (χ4v) is 2.67. The summed E-state index contributed by atoms with van der Waals surface area (Å²) < 4.78 is 10.8. The summed E-state index contributed by atoms with van der Waals surface area (Å²) in [5, 5.41) is 8.90. The first-order valence-electron chi connectivity index (χ1n) is 7.32. The van der Waals surface area contributed by atoms with Gasteiger partial charge in [-0.05, 0) is 30.2 Å². The maximum Gasteiger partial charge on any atom is 0.264 e. The number of para-hydroxylation sites is 1. The molecule has 0 fully saturated rings. The second-order valence-electron chi connectivity index (χ2n) is 5.19. The molecule has 3 rings (SSSR count). The maximum absolute atomic E-state index is 12.4. The van der Waals surface area contributed by atoms with Gasteiger partial charge >= 0.3 is 0 Å². The Balaban J connectivity index is 1.70. The smallest absolute Gasteiger partial charge is 0.264 e. The second kappa shape index (κ2) is 6.41. The van der Waals surface area contributed by atoms with Gasteiger partial charge in [-0.25, -0.2) is 0 Å². The van der Waals surface area contributed by atoms with E-state index in [1.54, 1.807) is 23.1 Å². The van der Waals surface area contributed by atoms with Gasteiger partial charge < -0.3 is 14.4 Å². The van der Waals surface area contributed by atoms with E-state index < -0.39 is 0 Å². The van der Waals surface area contributed by atoms with Crippen molar-refractivity contribution in [2.75, 3.05) is 25.2 Å². The van der Waals surface area contributed by atoms with Gasteiger partial charge in [0, 0.05) is 18.3 Å². The number of nitrogens with zero attached hydrogens (tertiary/aromatic N) is 2. The zero-order valence-corrected chi connectivity index (χ0v) is 12.8. The lowest BCUT2D eigenvalue weighted by Crippen LogP contribution is -2.33. The van der Waals surface area contributed by atoms with Crippen LogP contribution in [0.2, 0.25) is 0 Å². The minimum atomic E-state index is -0.0960. The lowest BCUT2D eigenvalue weighted by molar-refractivity contribution is -0.120. The SMILES string of the molecule is COc1cc(C#N)ccc1OCC(=O)N1CCc2ccccc21. The number of amides is 1. The van der Waals surface area contributed by atoms with Gasteiger partial charge in [0.15, 0.2) is 18.1 Å². The van der Waals surface area contributed by atoms with Gasteiger partial charge in [0.05, 0.1) is 18.7 Å². The minimum absolute atomic E-state index is 0.0728. The molecule has 1 heterocycles. The summed E-state index contributed by atoms with van der Waals surface area (Å²) in [6, 6.07) is 14.8. The van der Waals surface area contributed by atoms with Crippen molar-refractivity contribution < 1.29 is 14.3 Å². The zero-order valence-electron chi connectivity index (χ0n) is 12.8. The molecule has 0 saturated heterocycles. The summed E-state index contributed by atoms with van der Waals surface area (Å²) in [7, 11) is 1.50. The van der Waals surface area contributed by atoms with Crippen molar-refractivity contribution in [3.63, 3.8) is 0 Å². The Kier molecular flexibility index (Phi) is 4.15. The van der Waals surface area contributed by atoms with Crippen molar-refractivity contribution in [1.29, 1.82) is 5.26 Å². The van der Waals surface area contributed by atoms with E-state index in [1.165, 1.54) is 12.7 Å². The topological polar surface area (TPSA) is 62.6 Å². The van der Waals surface area contributed by atoms with Crippen LogP contribution in [-0.2, 0) is 11.2 Å². The van der Waals surface area contributed by atoms with Crippen LogP contribution in [0, 0.1) is 11.3 Å². The molecule has 0 radical (unpaired) electrons. The van der Waals surface area contributed by atoms with Gasteiger partial charge in [-0.3, -0.25) is 4.79 Å². The Morgan fingerprint density at radius 3 is 2.87 bits per heavy atom. The van der Waals surface area contributed by atoms with E-state index in [1.807, 2.05) is 30.3 Å². The van der Waals surface area contributed by atoms with Gasteiger partial charge in [-0.2, -0.15) is 5.26 Å². The van der Waals surface area contributed by atoms with Crippen LogP contribution in [0.3, 0.4) is 0 Å². The summed E-state index contributed by atoms with van der Waals surface area (Å²) in [6.45, 7) is 0.600. The summed E-state index contributed by atoms with van der Waals surface area (Å²) in [4.78, 5) is 14.2. The zero-order chi connectivity index (χ0) is 16.2. The summed E-state index contributed by atoms with van der Waals surface area (Å²) in [5.41, 5.74) is 2.61. The predicted octanol–water partition coefficient (Wildman–Crippen LogP) is 2.53. The van der Waals surface area contributed by atoms with Gasteiger partial charge in [0.2, 0.25) is 0 Å². The molecule has 5 heteroatoms. The number of carbonyl (C=O) groups excluding carboxylic acids is 1. The van der Waals surface area contributed by atoms with Crippen molar-refractivity contribution in [3.05, 3.63) is 53.6 Å². The largest absolute Gasteiger partial charge is 0.493 e. The molecule has 1 amide bonds. The lowest BCUT2D eigenvalue weighted by atomic mass is 10.2. The highest BCUT2D eigenvalue weighted by Gasteiger charge is 2.24. The van der Waals surface area contributed by atoms with E-state index in [0.29, 0.717) is 23.6 Å². The third-order valence-electron chi connectivity index (χ3n) is 3.83. The van der Waals surface area contributed by atoms with Crippen molar-refractivity contribution >= 4 is 11.6 Å². The van der Waals surface area contributed by atoms with E-state index in [0.717, 1.165) is 12.1 Å². The van der Waals surface area contributed by atoms with Crippen LogP contribution in [-0.4, -0.2) is 26.2 Å². The molecular weight excluding hydrogens is 292 g/mol. The fourth-order valence-electron chi connectivity index (χ4n) is 2.67. The molecule has 0 N–H and O–H groups in total. The van der Waals surface area contributed by atoms with Crippen LogP contribution in [0.5, 0.6) is 11.5 Å². The van der Waals surface area contributed by atoms with Crippen LogP contribution >= 0.6 is 0 Å². The van der Waals surface area contributed by atoms with Crippen molar-refractivity contribution in [2.24, 2.45) is 0 Å². The second-order valence-corrected chi connectivity index (χ2v) is 5.19. The number of benzene rings is 2. The molecule has 1 aliphatic heterocycles. The van der Waals surface area contributed by atoms with E-state index in [9.17, 15) is 4.79 Å². The molecule has 116 valence electrons. The Bertz CT molecular complexity index is 780. The van der Waals surface area contributed by atoms with Crippen LogP contribution in [0.25, 0.3) is 0 Å². The Hall–Kier alpha value is -3.00. The van der Waals surface area contributed by atoms with Gasteiger partial charge in [0.25, 0.3) is 5.91 Å². The highest BCUT2D eigenvalue weighted by atomic mass is 16.5. The third kappa shape index (κ3) is 2.97. The number of ether oxygens (including phenoxy) is 2. The molecular formula is C18H16N2O3. The first kappa shape index (κ1) is 14.9. The van der Waals surface area contributed by atoms with E-state index in [4.69, 9.17) is 14.7 Å². The number of carbonyl (C=O) groups is 1. The molecule has 5 nitrogen and oxygen atoms in total. The molecule has 0 saturated carbocycles. The van der Waals surface area contributed by atoms with Crippen molar-refractivity contribution in [1.82, 2.24) is 0 Å². The van der Waals surface area contributed by atoms with Gasteiger partial charge in [-0.1, -0.05) is 18.2 Å². The number of fused-ring (bicyclic) bond motifs is 1. The van der Waals surface area contributed by atoms with Crippen molar-refractivity contribution in [3.8, 4) is 17.6 Å². The van der Waals surface area contributed by atoms with Gasteiger partial charge in [0.1, 0.15) is 0 Å². The Labute approximate surface area is 134 Å². The monoisotopic (exact) mass is 308 g/mol. The number of methoxy groups -OCH3 is 1. The normalized spacial score (nSPS) is 12.4. The van der Waals surface area contributed by atoms with Crippen molar-refractivity contribution in [2.45, 2.75) is 6.42 Å². The standard InChI is InChI=1S/C18H16N2O3/c1-22-17-10-13(11-19)6-7-16(17)23-12-18(21)20-9-8-14-4-2-3-5-15(14)20/h2-7,10H,8-9,12H2,1H3. The van der Waals surface area contributed by atoms with Crippen LogP contribution in [0.1, 0.15) is 11.1 Å². The molecule has 0 atom stereocenters.